The van der Waals surface area contributed by atoms with Crippen molar-refractivity contribution in [1.82, 2.24) is 9.97 Å². The van der Waals surface area contributed by atoms with Gasteiger partial charge >= 0.3 is 0 Å². The highest BCUT2D eigenvalue weighted by atomic mass is 35.5. The maximum Gasteiger partial charge on any atom is 0.157 e. The van der Waals surface area contributed by atoms with Gasteiger partial charge in [0.25, 0.3) is 0 Å². The molecule has 0 radical (unpaired) electrons. The summed E-state index contributed by atoms with van der Waals surface area (Å²) in [5.41, 5.74) is 3.57. The van der Waals surface area contributed by atoms with E-state index < -0.39 is 0 Å². The normalized spacial score (nSPS) is 14.2. The van der Waals surface area contributed by atoms with Crippen LogP contribution in [-0.4, -0.2) is 23.1 Å². The minimum atomic E-state index is 0.357. The Balaban J connectivity index is 1.80. The average molecular weight is 275 g/mol. The first kappa shape index (κ1) is 12.2. The van der Waals surface area contributed by atoms with Crippen LogP contribution in [0.5, 0.6) is 0 Å². The van der Waals surface area contributed by atoms with Gasteiger partial charge in [-0.2, -0.15) is 0 Å². The molecule has 0 saturated heterocycles. The number of rotatable bonds is 3. The topological polar surface area (TPSA) is 49.8 Å². The fourth-order valence-electron chi connectivity index (χ4n) is 2.55. The van der Waals surface area contributed by atoms with Crippen LogP contribution < -0.4 is 10.6 Å². The monoisotopic (exact) mass is 274 g/mol. The van der Waals surface area contributed by atoms with Crippen LogP contribution in [0.2, 0.25) is 5.15 Å². The molecule has 2 aromatic rings. The molecule has 98 valence electrons. The van der Waals surface area contributed by atoms with Crippen LogP contribution in [-0.2, 0) is 12.8 Å². The molecule has 3 rings (SSSR count). The molecule has 19 heavy (non-hydrogen) atoms. The Morgan fingerprint density at radius 3 is 2.47 bits per heavy atom. The summed E-state index contributed by atoms with van der Waals surface area (Å²) in [4.78, 5) is 8.24. The lowest BCUT2D eigenvalue weighted by atomic mass is 10.1. The number of anilines is 2. The molecule has 0 unspecified atom stereocenters. The number of fused-ring (bicyclic) bond motifs is 1. The summed E-state index contributed by atoms with van der Waals surface area (Å²) in [6.07, 6.45) is 3.51. The molecule has 0 aliphatic heterocycles. The molecule has 0 spiro atoms. The molecule has 0 amide bonds. The molecule has 0 fully saturated rings. The van der Waals surface area contributed by atoms with E-state index in [2.05, 4.69) is 44.9 Å². The van der Waals surface area contributed by atoms with Crippen LogP contribution in [0.1, 0.15) is 11.1 Å². The molecule has 0 saturated carbocycles. The lowest BCUT2D eigenvalue weighted by molar-refractivity contribution is 0.768. The van der Waals surface area contributed by atoms with Crippen LogP contribution >= 0.6 is 11.6 Å². The molecule has 1 heterocycles. The predicted molar refractivity (Wildman–Crippen MR) is 77.8 cm³/mol. The lowest BCUT2D eigenvalue weighted by Crippen LogP contribution is -2.21. The maximum atomic E-state index is 6.05. The number of hydrogen-bond donors (Lipinski definition) is 2. The Kier molecular flexibility index (Phi) is 3.25. The highest BCUT2D eigenvalue weighted by Gasteiger charge is 2.22. The standard InChI is InChI=1S/C14H15ClN4/c1-16-12-13(15)17-8-18-14(12)19-11-6-9-4-2-3-5-10(9)7-11/h2-5,8,11,16H,6-7H2,1H3,(H,17,18,19). The van der Waals surface area contributed by atoms with Crippen molar-refractivity contribution in [3.05, 3.63) is 46.9 Å². The fourth-order valence-corrected chi connectivity index (χ4v) is 2.78. The summed E-state index contributed by atoms with van der Waals surface area (Å²) < 4.78 is 0. The van der Waals surface area contributed by atoms with Crippen LogP contribution in [0.4, 0.5) is 11.5 Å². The lowest BCUT2D eigenvalue weighted by Gasteiger charge is -2.16. The minimum absolute atomic E-state index is 0.357. The van der Waals surface area contributed by atoms with Gasteiger partial charge in [0, 0.05) is 13.1 Å². The molecule has 2 N–H and O–H groups in total. The highest BCUT2D eigenvalue weighted by Crippen LogP contribution is 2.29. The minimum Gasteiger partial charge on any atom is -0.383 e. The molecular weight excluding hydrogens is 260 g/mol. The van der Waals surface area contributed by atoms with Crippen LogP contribution in [0, 0.1) is 0 Å². The average Bonchev–Trinajstić information content (AvgIpc) is 2.81. The first-order valence-electron chi connectivity index (χ1n) is 6.29. The third-order valence-corrected chi connectivity index (χ3v) is 3.73. The van der Waals surface area contributed by atoms with Crippen molar-refractivity contribution >= 4 is 23.1 Å². The van der Waals surface area contributed by atoms with Gasteiger partial charge in [-0.25, -0.2) is 9.97 Å². The van der Waals surface area contributed by atoms with Crippen molar-refractivity contribution in [2.75, 3.05) is 17.7 Å². The molecular formula is C14H15ClN4. The van der Waals surface area contributed by atoms with Crippen molar-refractivity contribution in [1.29, 1.82) is 0 Å². The quantitative estimate of drug-likeness (QED) is 0.845. The Bertz CT molecular complexity index is 575. The van der Waals surface area contributed by atoms with Gasteiger partial charge < -0.3 is 10.6 Å². The molecule has 4 nitrogen and oxygen atoms in total. The molecule has 1 aromatic carbocycles. The second-order valence-corrected chi connectivity index (χ2v) is 5.01. The van der Waals surface area contributed by atoms with E-state index in [0.717, 1.165) is 24.3 Å². The first-order valence-corrected chi connectivity index (χ1v) is 6.67. The van der Waals surface area contributed by atoms with E-state index in [1.807, 2.05) is 7.05 Å². The largest absolute Gasteiger partial charge is 0.383 e. The Hall–Kier alpha value is -1.81. The van der Waals surface area contributed by atoms with E-state index in [0.29, 0.717) is 11.2 Å². The third kappa shape index (κ3) is 2.36. The van der Waals surface area contributed by atoms with Gasteiger partial charge in [-0.1, -0.05) is 35.9 Å². The summed E-state index contributed by atoms with van der Waals surface area (Å²) >= 11 is 6.05. The van der Waals surface area contributed by atoms with E-state index in [-0.39, 0.29) is 0 Å². The molecule has 0 atom stereocenters. The zero-order chi connectivity index (χ0) is 13.2. The third-order valence-electron chi connectivity index (χ3n) is 3.44. The summed E-state index contributed by atoms with van der Waals surface area (Å²) in [5, 5.41) is 6.93. The Morgan fingerprint density at radius 2 is 1.84 bits per heavy atom. The first-order chi connectivity index (χ1) is 9.28. The number of nitrogens with one attached hydrogen (secondary N) is 2. The van der Waals surface area contributed by atoms with Crippen LogP contribution in [0.25, 0.3) is 0 Å². The molecule has 5 heteroatoms. The second-order valence-electron chi connectivity index (χ2n) is 4.66. The van der Waals surface area contributed by atoms with Crippen molar-refractivity contribution in [2.45, 2.75) is 18.9 Å². The van der Waals surface area contributed by atoms with Gasteiger partial charge in [-0.15, -0.1) is 0 Å². The fraction of sp³-hybridized carbons (Fsp3) is 0.286. The van der Waals surface area contributed by atoms with Crippen molar-refractivity contribution in [2.24, 2.45) is 0 Å². The van der Waals surface area contributed by atoms with E-state index in [4.69, 9.17) is 11.6 Å². The van der Waals surface area contributed by atoms with Gasteiger partial charge in [0.15, 0.2) is 11.0 Å². The summed E-state index contributed by atoms with van der Waals surface area (Å²) in [6, 6.07) is 8.89. The van der Waals surface area contributed by atoms with Crippen molar-refractivity contribution < 1.29 is 0 Å². The van der Waals surface area contributed by atoms with Crippen molar-refractivity contribution in [3.63, 3.8) is 0 Å². The van der Waals surface area contributed by atoms with Gasteiger partial charge in [0.05, 0.1) is 0 Å². The zero-order valence-electron chi connectivity index (χ0n) is 10.7. The number of hydrogen-bond acceptors (Lipinski definition) is 4. The van der Waals surface area contributed by atoms with E-state index >= 15 is 0 Å². The number of aromatic nitrogens is 2. The molecule has 1 aliphatic carbocycles. The smallest absolute Gasteiger partial charge is 0.157 e. The maximum absolute atomic E-state index is 6.05. The predicted octanol–water partition coefficient (Wildman–Crippen LogP) is 2.75. The van der Waals surface area contributed by atoms with E-state index in [1.165, 1.54) is 17.5 Å². The molecule has 0 bridgehead atoms. The van der Waals surface area contributed by atoms with Gasteiger partial charge in [-0.05, 0) is 24.0 Å². The van der Waals surface area contributed by atoms with Gasteiger partial charge in [0.1, 0.15) is 12.0 Å². The van der Waals surface area contributed by atoms with E-state index in [9.17, 15) is 0 Å². The van der Waals surface area contributed by atoms with Crippen LogP contribution in [0.15, 0.2) is 30.6 Å². The Morgan fingerprint density at radius 1 is 1.16 bits per heavy atom. The SMILES string of the molecule is CNc1c(Cl)ncnc1NC1Cc2ccccc2C1. The zero-order valence-corrected chi connectivity index (χ0v) is 11.4. The summed E-state index contributed by atoms with van der Waals surface area (Å²) in [6.45, 7) is 0. The number of benzene rings is 1. The summed E-state index contributed by atoms with van der Waals surface area (Å²) in [7, 11) is 1.82. The highest BCUT2D eigenvalue weighted by molar-refractivity contribution is 6.32. The van der Waals surface area contributed by atoms with Gasteiger partial charge in [0.2, 0.25) is 0 Å². The van der Waals surface area contributed by atoms with E-state index in [1.54, 1.807) is 0 Å². The molecule has 1 aromatic heterocycles. The van der Waals surface area contributed by atoms with Crippen LogP contribution in [0.3, 0.4) is 0 Å². The van der Waals surface area contributed by atoms with Crippen molar-refractivity contribution in [3.8, 4) is 0 Å². The van der Waals surface area contributed by atoms with Gasteiger partial charge in [-0.3, -0.25) is 0 Å². The summed E-state index contributed by atoms with van der Waals surface area (Å²) in [5.74, 6) is 0.764. The Labute approximate surface area is 117 Å². The number of halogens is 1. The number of nitrogens with zero attached hydrogens (tertiary/aromatic N) is 2. The second kappa shape index (κ2) is 5.05. The molecule has 1 aliphatic rings.